The molecular weight excluding hydrogens is 450 g/mol. The Balaban J connectivity index is 1.14. The van der Waals surface area contributed by atoms with Gasteiger partial charge in [0, 0.05) is 31.6 Å². The molecule has 2 aliphatic carbocycles. The van der Waals surface area contributed by atoms with Crippen LogP contribution in [0.15, 0.2) is 30.7 Å². The molecule has 2 saturated carbocycles. The lowest BCUT2D eigenvalue weighted by molar-refractivity contribution is 0.0655. The molecule has 4 heterocycles. The van der Waals surface area contributed by atoms with E-state index in [1.165, 1.54) is 12.8 Å². The zero-order chi connectivity index (χ0) is 23.0. The van der Waals surface area contributed by atoms with Gasteiger partial charge in [-0.3, -0.25) is 9.58 Å². The van der Waals surface area contributed by atoms with Gasteiger partial charge >= 0.3 is 0 Å². The molecule has 0 amide bonds. The average Bonchev–Trinajstić information content (AvgIpc) is 3.24. The van der Waals surface area contributed by atoms with Gasteiger partial charge in [-0.15, -0.1) is 0 Å². The van der Waals surface area contributed by atoms with Crippen molar-refractivity contribution in [3.63, 3.8) is 0 Å². The van der Waals surface area contributed by atoms with E-state index in [0.717, 1.165) is 65.3 Å². The molecule has 4 aliphatic rings. The highest BCUT2D eigenvalue weighted by molar-refractivity contribution is 6.34. The summed E-state index contributed by atoms with van der Waals surface area (Å²) in [6.07, 6.45) is 8.56. The third-order valence-corrected chi connectivity index (χ3v) is 9.06. The minimum Gasteiger partial charge on any atom is -0.378 e. The van der Waals surface area contributed by atoms with Gasteiger partial charge in [0.15, 0.2) is 0 Å². The number of nitrogens with zero attached hydrogens (tertiary/aromatic N) is 7. The molecule has 3 aromatic rings. The number of fused-ring (bicyclic) bond motifs is 2. The van der Waals surface area contributed by atoms with Crippen LogP contribution in [0.5, 0.6) is 0 Å². The van der Waals surface area contributed by atoms with E-state index in [9.17, 15) is 5.26 Å². The van der Waals surface area contributed by atoms with Crippen LogP contribution in [0.25, 0.3) is 16.6 Å². The van der Waals surface area contributed by atoms with Crippen molar-refractivity contribution < 1.29 is 4.74 Å². The summed E-state index contributed by atoms with van der Waals surface area (Å²) in [7, 11) is 0. The quantitative estimate of drug-likeness (QED) is 0.572. The topological polar surface area (TPSA) is 75.1 Å². The number of piperazine rings is 1. The smallest absolute Gasteiger partial charge is 0.103 e. The van der Waals surface area contributed by atoms with Gasteiger partial charge < -0.3 is 9.64 Å². The Labute approximate surface area is 203 Å². The van der Waals surface area contributed by atoms with E-state index < -0.39 is 0 Å². The lowest BCUT2D eigenvalue weighted by atomic mass is 9.87. The Hall–Kier alpha value is -2.60. The minimum atomic E-state index is -0.214. The van der Waals surface area contributed by atoms with E-state index in [2.05, 4.69) is 49.9 Å². The molecule has 9 heteroatoms. The first kappa shape index (κ1) is 20.7. The van der Waals surface area contributed by atoms with Crippen molar-refractivity contribution in [2.24, 2.45) is 17.8 Å². The second-order valence-electron chi connectivity index (χ2n) is 10.6. The largest absolute Gasteiger partial charge is 0.378 e. The van der Waals surface area contributed by atoms with Crippen LogP contribution in [0.2, 0.25) is 5.02 Å². The van der Waals surface area contributed by atoms with E-state index in [1.54, 1.807) is 0 Å². The summed E-state index contributed by atoms with van der Waals surface area (Å²) in [6, 6.07) is 7.19. The zero-order valence-electron chi connectivity index (χ0n) is 19.3. The number of aromatic nitrogens is 4. The lowest BCUT2D eigenvalue weighted by Crippen LogP contribution is -2.58. The van der Waals surface area contributed by atoms with Gasteiger partial charge in [0.2, 0.25) is 0 Å². The maximum atomic E-state index is 9.56. The maximum Gasteiger partial charge on any atom is 0.103 e. The summed E-state index contributed by atoms with van der Waals surface area (Å²) in [6.45, 7) is 6.77. The fraction of sp³-hybridized carbons (Fsp3) is 0.560. The van der Waals surface area contributed by atoms with Crippen molar-refractivity contribution in [2.45, 2.75) is 31.3 Å². The van der Waals surface area contributed by atoms with Crippen LogP contribution in [0.1, 0.15) is 25.8 Å². The Morgan fingerprint density at radius 3 is 2.74 bits per heavy atom. The fourth-order valence-electron chi connectivity index (χ4n) is 6.32. The Bertz CT molecular complexity index is 1300. The van der Waals surface area contributed by atoms with Crippen LogP contribution < -0.4 is 4.90 Å². The lowest BCUT2D eigenvalue weighted by Gasteiger charge is -2.45. The Morgan fingerprint density at radius 1 is 1.15 bits per heavy atom. The van der Waals surface area contributed by atoms with Crippen LogP contribution in [0.4, 0.5) is 5.69 Å². The van der Waals surface area contributed by atoms with E-state index in [1.807, 2.05) is 23.1 Å². The second kappa shape index (κ2) is 7.45. The van der Waals surface area contributed by atoms with Crippen molar-refractivity contribution >= 4 is 28.2 Å². The molecule has 0 spiro atoms. The molecule has 2 aliphatic heterocycles. The van der Waals surface area contributed by atoms with Gasteiger partial charge in [0.25, 0.3) is 0 Å². The van der Waals surface area contributed by atoms with Crippen LogP contribution in [0, 0.1) is 29.1 Å². The summed E-state index contributed by atoms with van der Waals surface area (Å²) in [4.78, 5) is 4.77. The molecule has 3 unspecified atom stereocenters. The number of rotatable bonds is 4. The average molecular weight is 478 g/mol. The highest BCUT2D eigenvalue weighted by Crippen LogP contribution is 2.62. The standard InChI is InChI=1S/C25H28ClN7O/c1-25(15-34-14-18(25)10-27)31-4-2-30(3-5-31)24-9-22-17(7-21(24)26)11-29-33(22)19-12-28-32(13-19)23-8-16-6-20(16)23/h7,9,11-13,16,18,20,23H,2-6,8,14-15H2,1H3/t16?,18-,20?,23?,25+/m1/s1. The molecule has 5 atom stereocenters. The van der Waals surface area contributed by atoms with Gasteiger partial charge in [-0.2, -0.15) is 15.5 Å². The monoisotopic (exact) mass is 477 g/mol. The van der Waals surface area contributed by atoms with Crippen molar-refractivity contribution in [1.82, 2.24) is 24.5 Å². The van der Waals surface area contributed by atoms with Crippen LogP contribution in [-0.4, -0.2) is 69.4 Å². The predicted octanol–water partition coefficient (Wildman–Crippen LogP) is 3.51. The summed E-state index contributed by atoms with van der Waals surface area (Å²) < 4.78 is 9.77. The number of hydrogen-bond acceptors (Lipinski definition) is 6. The van der Waals surface area contributed by atoms with Crippen molar-refractivity contribution in [3.8, 4) is 11.8 Å². The fourth-order valence-corrected chi connectivity index (χ4v) is 6.61. The molecule has 4 fully saturated rings. The molecule has 7 rings (SSSR count). The molecular formula is C25H28ClN7O. The normalized spacial score (nSPS) is 33.0. The van der Waals surface area contributed by atoms with E-state index in [4.69, 9.17) is 16.3 Å². The van der Waals surface area contributed by atoms with Gasteiger partial charge in [-0.1, -0.05) is 11.6 Å². The summed E-state index contributed by atoms with van der Waals surface area (Å²) in [5.41, 5.74) is 2.86. The van der Waals surface area contributed by atoms with Gasteiger partial charge in [0.05, 0.1) is 71.6 Å². The number of hydrogen-bond donors (Lipinski definition) is 0. The van der Waals surface area contributed by atoms with Crippen molar-refractivity contribution in [3.05, 3.63) is 35.7 Å². The summed E-state index contributed by atoms with van der Waals surface area (Å²) >= 11 is 6.75. The number of nitriles is 1. The number of benzene rings is 1. The molecule has 1 aromatic carbocycles. The van der Waals surface area contributed by atoms with Crippen molar-refractivity contribution in [2.75, 3.05) is 44.3 Å². The summed E-state index contributed by atoms with van der Waals surface area (Å²) in [5.74, 6) is 1.70. The van der Waals surface area contributed by atoms with Gasteiger partial charge in [0.1, 0.15) is 5.69 Å². The highest BCUT2D eigenvalue weighted by Gasteiger charge is 2.54. The number of anilines is 1. The first-order valence-electron chi connectivity index (χ1n) is 12.2. The SMILES string of the molecule is C[C@]1(N2CCN(c3cc4c(cnn4-c4cnn(C5CC6CC65)c4)cc3Cl)CC2)COC[C@H]1C#N. The molecule has 34 heavy (non-hydrogen) atoms. The van der Waals surface area contributed by atoms with Gasteiger partial charge in [-0.25, -0.2) is 4.68 Å². The van der Waals surface area contributed by atoms with E-state index >= 15 is 0 Å². The Morgan fingerprint density at radius 2 is 2.00 bits per heavy atom. The van der Waals surface area contributed by atoms with Crippen LogP contribution >= 0.6 is 11.6 Å². The molecule has 8 nitrogen and oxygen atoms in total. The Kier molecular flexibility index (Phi) is 4.54. The summed E-state index contributed by atoms with van der Waals surface area (Å²) in [5, 5.41) is 20.7. The molecule has 2 aromatic heterocycles. The first-order valence-corrected chi connectivity index (χ1v) is 12.6. The third-order valence-electron chi connectivity index (χ3n) is 8.75. The molecule has 2 saturated heterocycles. The minimum absolute atomic E-state index is 0.0833. The van der Waals surface area contributed by atoms with E-state index in [-0.39, 0.29) is 11.5 Å². The molecule has 176 valence electrons. The van der Waals surface area contributed by atoms with Gasteiger partial charge in [-0.05, 0) is 43.7 Å². The van der Waals surface area contributed by atoms with Crippen LogP contribution in [0.3, 0.4) is 0 Å². The molecule has 0 bridgehead atoms. The second-order valence-corrected chi connectivity index (χ2v) is 11.0. The van der Waals surface area contributed by atoms with E-state index in [0.29, 0.717) is 19.3 Å². The third kappa shape index (κ3) is 3.03. The number of ether oxygens (including phenoxy) is 1. The highest BCUT2D eigenvalue weighted by atomic mass is 35.5. The van der Waals surface area contributed by atoms with Crippen LogP contribution in [-0.2, 0) is 4.74 Å². The molecule has 0 radical (unpaired) electrons. The zero-order valence-corrected chi connectivity index (χ0v) is 20.0. The van der Waals surface area contributed by atoms with Crippen molar-refractivity contribution in [1.29, 1.82) is 5.26 Å². The number of halogens is 1. The first-order chi connectivity index (χ1) is 16.5. The maximum absolute atomic E-state index is 9.56. The molecule has 0 N–H and O–H groups in total. The predicted molar refractivity (Wildman–Crippen MR) is 129 cm³/mol.